The van der Waals surface area contributed by atoms with Crippen molar-refractivity contribution in [3.63, 3.8) is 0 Å². The van der Waals surface area contributed by atoms with E-state index in [0.29, 0.717) is 6.92 Å². The molecule has 0 aliphatic carbocycles. The first-order valence-corrected chi connectivity index (χ1v) is 6.64. The Morgan fingerprint density at radius 3 is 1.66 bits per heavy atom. The third-order valence-corrected chi connectivity index (χ3v) is 2.89. The van der Waals surface area contributed by atoms with Crippen molar-refractivity contribution < 1.29 is 81.2 Å². The number of rotatable bonds is 4. The highest BCUT2D eigenvalue weighted by molar-refractivity contribution is 5.80. The number of halogens is 13. The number of aliphatic hydroxyl groups excluding tert-OH is 1. The van der Waals surface area contributed by atoms with E-state index < -0.39 is 61.6 Å². The molecule has 1 saturated heterocycles. The first-order chi connectivity index (χ1) is 12.6. The third kappa shape index (κ3) is 5.60. The maximum absolute atomic E-state index is 13.4. The largest absolute Gasteiger partial charge is 0.443 e. The van der Waals surface area contributed by atoms with Crippen LogP contribution in [-0.2, 0) is 19.0 Å². The molecule has 1 aliphatic rings. The maximum Gasteiger partial charge on any atom is 0.443 e. The summed E-state index contributed by atoms with van der Waals surface area (Å²) in [6, 6.07) is -7.81. The molecule has 0 amide bonds. The topological polar surface area (TPSA) is 65.0 Å². The van der Waals surface area contributed by atoms with Crippen molar-refractivity contribution in [3.05, 3.63) is 0 Å². The van der Waals surface area contributed by atoms with Gasteiger partial charge in [-0.3, -0.25) is 9.53 Å². The van der Waals surface area contributed by atoms with Gasteiger partial charge in [0.15, 0.2) is 0 Å². The van der Waals surface area contributed by atoms with Gasteiger partial charge in [0.05, 0.1) is 13.2 Å². The van der Waals surface area contributed by atoms with Crippen molar-refractivity contribution in [3.8, 4) is 0 Å². The predicted octanol–water partition coefficient (Wildman–Crippen LogP) is 3.55. The van der Waals surface area contributed by atoms with Crippen molar-refractivity contribution in [1.29, 1.82) is 0 Å². The van der Waals surface area contributed by atoms with Gasteiger partial charge in [-0.15, -0.1) is 0 Å². The smallest absolute Gasteiger partial charge is 0.394 e. The molecule has 3 unspecified atom stereocenters. The molecular weight excluding hydrogens is 459 g/mol. The fraction of sp³-hybridized carbons (Fsp3) is 0.909. The number of carbonyl (C=O) groups is 1. The molecule has 1 rings (SSSR count). The molecule has 1 N–H and O–H groups in total. The van der Waals surface area contributed by atoms with Gasteiger partial charge in [0.25, 0.3) is 12.1 Å². The lowest BCUT2D eigenvalue weighted by Crippen LogP contribution is -2.57. The second-order valence-corrected chi connectivity index (χ2v) is 5.06. The summed E-state index contributed by atoms with van der Waals surface area (Å²) in [5.74, 6) is -3.42. The second kappa shape index (κ2) is 8.38. The summed E-state index contributed by atoms with van der Waals surface area (Å²) in [6.45, 7) is -1.11. The van der Waals surface area contributed by atoms with Gasteiger partial charge in [-0.1, -0.05) is 0 Å². The minimum absolute atomic E-state index is 0.323. The van der Waals surface area contributed by atoms with E-state index in [2.05, 4.69) is 14.2 Å². The standard InChI is InChI=1S/C7H9F5O4.C4F8O/c1-5(7(10,11)12)15-4(8)6(9,16-5)14-3-2-13;5-1(13)2(6,3(7,8)9)4(10,11)12/h4,13H,2-3H2,1H3;. The molecule has 0 aromatic heterocycles. The number of carbonyl (C=O) groups excluding carboxylic acids is 1. The highest BCUT2D eigenvalue weighted by Gasteiger charge is 2.78. The summed E-state index contributed by atoms with van der Waals surface area (Å²) in [7, 11) is 0. The molecule has 1 heterocycles. The Hall–Kier alpha value is -1.40. The summed E-state index contributed by atoms with van der Waals surface area (Å²) in [5.41, 5.74) is -6.43. The van der Waals surface area contributed by atoms with Crippen molar-refractivity contribution >= 4 is 6.04 Å². The monoisotopic (exact) mass is 468 g/mol. The van der Waals surface area contributed by atoms with Crippen LogP contribution >= 0.6 is 0 Å². The van der Waals surface area contributed by atoms with Crippen LogP contribution in [0.2, 0.25) is 0 Å². The average molecular weight is 468 g/mol. The third-order valence-electron chi connectivity index (χ3n) is 2.89. The highest BCUT2D eigenvalue weighted by Crippen LogP contribution is 2.48. The van der Waals surface area contributed by atoms with Crippen LogP contribution in [0.25, 0.3) is 0 Å². The number of hydrogen-bond donors (Lipinski definition) is 1. The summed E-state index contributed by atoms with van der Waals surface area (Å²) in [6.07, 6.45) is -21.5. The fourth-order valence-corrected chi connectivity index (χ4v) is 1.39. The molecule has 0 bridgehead atoms. The number of alkyl halides is 12. The molecule has 5 nitrogen and oxygen atoms in total. The van der Waals surface area contributed by atoms with E-state index >= 15 is 0 Å². The molecule has 3 atom stereocenters. The fourth-order valence-electron chi connectivity index (χ4n) is 1.39. The quantitative estimate of drug-likeness (QED) is 0.505. The Morgan fingerprint density at radius 1 is 1.03 bits per heavy atom. The number of hydrogen-bond acceptors (Lipinski definition) is 5. The van der Waals surface area contributed by atoms with Crippen molar-refractivity contribution in [2.45, 2.75) is 49.3 Å². The van der Waals surface area contributed by atoms with Gasteiger partial charge >= 0.3 is 36.3 Å². The van der Waals surface area contributed by atoms with E-state index in [0.717, 1.165) is 0 Å². The molecular formula is C11H9F13O5. The van der Waals surface area contributed by atoms with E-state index in [-0.39, 0.29) is 0 Å². The van der Waals surface area contributed by atoms with Gasteiger partial charge < -0.3 is 14.6 Å². The van der Waals surface area contributed by atoms with Crippen LogP contribution in [0.15, 0.2) is 0 Å². The van der Waals surface area contributed by atoms with Crippen molar-refractivity contribution in [1.82, 2.24) is 0 Å². The summed E-state index contributed by atoms with van der Waals surface area (Å²) >= 11 is 0. The zero-order chi connectivity index (χ0) is 23.7. The lowest BCUT2D eigenvalue weighted by atomic mass is 10.1. The van der Waals surface area contributed by atoms with Gasteiger partial charge in [0, 0.05) is 0 Å². The van der Waals surface area contributed by atoms with Crippen molar-refractivity contribution in [2.24, 2.45) is 0 Å². The lowest BCUT2D eigenvalue weighted by molar-refractivity contribution is -0.391. The van der Waals surface area contributed by atoms with E-state index in [1.807, 2.05) is 0 Å². The molecule has 0 aromatic rings. The van der Waals surface area contributed by atoms with E-state index in [1.54, 1.807) is 0 Å². The Balaban J connectivity index is 0.000000555. The summed E-state index contributed by atoms with van der Waals surface area (Å²) < 4.78 is 166. The van der Waals surface area contributed by atoms with Crippen molar-refractivity contribution in [2.75, 3.05) is 13.2 Å². The first-order valence-electron chi connectivity index (χ1n) is 6.64. The minimum Gasteiger partial charge on any atom is -0.394 e. The summed E-state index contributed by atoms with van der Waals surface area (Å²) in [5, 5.41) is 8.28. The average Bonchev–Trinajstić information content (AvgIpc) is 2.73. The molecule has 1 fully saturated rings. The number of aliphatic hydroxyl groups is 1. The summed E-state index contributed by atoms with van der Waals surface area (Å²) in [4.78, 5) is 9.28. The van der Waals surface area contributed by atoms with Crippen LogP contribution in [0.5, 0.6) is 0 Å². The zero-order valence-electron chi connectivity index (χ0n) is 13.5. The number of ether oxygens (including phenoxy) is 3. The zero-order valence-corrected chi connectivity index (χ0v) is 13.5. The van der Waals surface area contributed by atoms with Crippen LogP contribution in [0.3, 0.4) is 0 Å². The van der Waals surface area contributed by atoms with Gasteiger partial charge in [-0.05, 0) is 6.92 Å². The normalized spacial score (nSPS) is 28.7. The molecule has 0 saturated carbocycles. The van der Waals surface area contributed by atoms with Crippen LogP contribution in [0.1, 0.15) is 6.92 Å². The Kier molecular flexibility index (Phi) is 7.98. The molecule has 174 valence electrons. The predicted molar refractivity (Wildman–Crippen MR) is 60.5 cm³/mol. The molecule has 29 heavy (non-hydrogen) atoms. The minimum atomic E-state index is -6.66. The molecule has 18 heteroatoms. The molecule has 1 aliphatic heterocycles. The van der Waals surface area contributed by atoms with Gasteiger partial charge in [0.1, 0.15) is 0 Å². The second-order valence-electron chi connectivity index (χ2n) is 5.06. The highest BCUT2D eigenvalue weighted by atomic mass is 19.4. The van der Waals surface area contributed by atoms with E-state index in [1.165, 1.54) is 0 Å². The van der Waals surface area contributed by atoms with Gasteiger partial charge in [0.2, 0.25) is 0 Å². The van der Waals surface area contributed by atoms with Crippen LogP contribution in [0, 0.1) is 0 Å². The van der Waals surface area contributed by atoms with E-state index in [4.69, 9.17) is 5.11 Å². The lowest BCUT2D eigenvalue weighted by Gasteiger charge is -2.26. The molecule has 0 aromatic carbocycles. The van der Waals surface area contributed by atoms with Gasteiger partial charge in [-0.2, -0.15) is 48.3 Å². The SMILES string of the molecule is CC1(C(F)(F)F)OC(F)C(F)(OCCO)O1.O=C(F)C(F)(C(F)(F)F)C(F)(F)F. The van der Waals surface area contributed by atoms with Crippen LogP contribution in [-0.4, -0.2) is 66.7 Å². The molecule has 0 spiro atoms. The van der Waals surface area contributed by atoms with Crippen LogP contribution < -0.4 is 0 Å². The Morgan fingerprint density at radius 2 is 1.45 bits per heavy atom. The van der Waals surface area contributed by atoms with E-state index in [9.17, 15) is 61.9 Å². The molecule has 0 radical (unpaired) electrons. The van der Waals surface area contributed by atoms with Crippen LogP contribution in [0.4, 0.5) is 57.1 Å². The van der Waals surface area contributed by atoms with Gasteiger partial charge in [-0.25, -0.2) is 8.78 Å². The Bertz CT molecular complexity index is 559. The first kappa shape index (κ1) is 27.6. The Labute approximate surface area is 151 Å². The maximum atomic E-state index is 13.4.